The van der Waals surface area contributed by atoms with Crippen molar-refractivity contribution in [1.82, 2.24) is 9.62 Å². The molecule has 1 saturated heterocycles. The molecule has 1 aliphatic rings. The summed E-state index contributed by atoms with van der Waals surface area (Å²) in [6, 6.07) is 15.2. The average molecular weight is 389 g/mol. The Morgan fingerprint density at radius 2 is 1.74 bits per heavy atom. The first kappa shape index (κ1) is 20.0. The minimum Gasteiger partial charge on any atom is -0.384 e. The molecular weight excluding hydrogens is 360 g/mol. The lowest BCUT2D eigenvalue weighted by atomic mass is 10.0. The first-order valence-electron chi connectivity index (χ1n) is 9.45. The summed E-state index contributed by atoms with van der Waals surface area (Å²) in [5.74, 6) is 0. The molecule has 0 amide bonds. The largest absolute Gasteiger partial charge is 0.384 e. The van der Waals surface area contributed by atoms with Crippen LogP contribution in [-0.2, 0) is 27.6 Å². The molecule has 2 aromatic carbocycles. The van der Waals surface area contributed by atoms with E-state index in [-0.39, 0.29) is 6.04 Å². The van der Waals surface area contributed by atoms with Crippen LogP contribution in [0.15, 0.2) is 53.4 Å². The van der Waals surface area contributed by atoms with Gasteiger partial charge in [0.2, 0.25) is 10.0 Å². The topological polar surface area (TPSA) is 58.6 Å². The van der Waals surface area contributed by atoms with Gasteiger partial charge in [0.15, 0.2) is 0 Å². The van der Waals surface area contributed by atoms with Crippen LogP contribution in [0.4, 0.5) is 0 Å². The molecule has 2 aromatic rings. The molecule has 5 nitrogen and oxygen atoms in total. The normalized spacial score (nSPS) is 18.5. The van der Waals surface area contributed by atoms with Gasteiger partial charge in [0.05, 0.1) is 17.5 Å². The van der Waals surface area contributed by atoms with Gasteiger partial charge in [-0.1, -0.05) is 43.3 Å². The van der Waals surface area contributed by atoms with E-state index in [2.05, 4.69) is 24.4 Å². The third-order valence-electron chi connectivity index (χ3n) is 5.09. The highest BCUT2D eigenvalue weighted by Gasteiger charge is 2.34. The minimum absolute atomic E-state index is 0.192. The molecule has 1 fully saturated rings. The number of rotatable bonds is 7. The number of piperazine rings is 1. The lowest BCUT2D eigenvalue weighted by Crippen LogP contribution is -2.48. The van der Waals surface area contributed by atoms with E-state index in [1.807, 2.05) is 24.3 Å². The zero-order valence-corrected chi connectivity index (χ0v) is 16.8. The van der Waals surface area contributed by atoms with E-state index in [4.69, 9.17) is 4.74 Å². The summed E-state index contributed by atoms with van der Waals surface area (Å²) >= 11 is 0. The molecule has 0 saturated carbocycles. The summed E-state index contributed by atoms with van der Waals surface area (Å²) in [5, 5.41) is 3.33. The van der Waals surface area contributed by atoms with E-state index in [1.54, 1.807) is 23.5 Å². The molecular formula is C21H28N2O3S. The third-order valence-corrected chi connectivity index (χ3v) is 7.01. The van der Waals surface area contributed by atoms with Crippen molar-refractivity contribution in [3.63, 3.8) is 0 Å². The fourth-order valence-corrected chi connectivity index (χ4v) is 5.03. The fourth-order valence-electron chi connectivity index (χ4n) is 3.42. The molecule has 1 atom stereocenters. The highest BCUT2D eigenvalue weighted by molar-refractivity contribution is 7.89. The zero-order chi connectivity index (χ0) is 19.3. The van der Waals surface area contributed by atoms with E-state index in [0.29, 0.717) is 31.1 Å². The molecule has 0 spiro atoms. The number of methoxy groups -OCH3 is 1. The maximum atomic E-state index is 13.3. The Hall–Kier alpha value is -1.73. The molecule has 0 bridgehead atoms. The van der Waals surface area contributed by atoms with Crippen molar-refractivity contribution in [3.05, 3.63) is 65.2 Å². The van der Waals surface area contributed by atoms with E-state index < -0.39 is 10.0 Å². The number of hydrogen-bond donors (Lipinski definition) is 1. The molecule has 1 N–H and O–H groups in total. The van der Waals surface area contributed by atoms with Gasteiger partial charge >= 0.3 is 0 Å². The van der Waals surface area contributed by atoms with Crippen molar-refractivity contribution in [2.45, 2.75) is 30.7 Å². The molecule has 0 radical (unpaired) electrons. The summed E-state index contributed by atoms with van der Waals surface area (Å²) in [4.78, 5) is 0.348. The van der Waals surface area contributed by atoms with Gasteiger partial charge in [-0.3, -0.25) is 0 Å². The van der Waals surface area contributed by atoms with Crippen molar-refractivity contribution in [2.75, 3.05) is 33.4 Å². The van der Waals surface area contributed by atoms with Crippen molar-refractivity contribution >= 4 is 10.0 Å². The maximum Gasteiger partial charge on any atom is 0.243 e. The van der Waals surface area contributed by atoms with Crippen LogP contribution in [0, 0.1) is 0 Å². The van der Waals surface area contributed by atoms with Crippen LogP contribution >= 0.6 is 0 Å². The van der Waals surface area contributed by atoms with Gasteiger partial charge in [-0.25, -0.2) is 8.42 Å². The molecule has 146 valence electrons. The Labute approximate surface area is 162 Å². The molecule has 27 heavy (non-hydrogen) atoms. The van der Waals surface area contributed by atoms with Crippen LogP contribution in [0.1, 0.15) is 29.7 Å². The smallest absolute Gasteiger partial charge is 0.243 e. The van der Waals surface area contributed by atoms with Crippen LogP contribution in [0.25, 0.3) is 0 Å². The number of nitrogens with one attached hydrogen (secondary N) is 1. The second-order valence-corrected chi connectivity index (χ2v) is 8.71. The Bertz CT molecular complexity index is 833. The van der Waals surface area contributed by atoms with Crippen LogP contribution < -0.4 is 5.32 Å². The molecule has 1 aliphatic heterocycles. The van der Waals surface area contributed by atoms with Crippen molar-refractivity contribution in [3.8, 4) is 0 Å². The quantitative estimate of drug-likeness (QED) is 0.792. The zero-order valence-electron chi connectivity index (χ0n) is 16.0. The average Bonchev–Trinajstić information content (AvgIpc) is 2.72. The predicted molar refractivity (Wildman–Crippen MR) is 107 cm³/mol. The highest BCUT2D eigenvalue weighted by Crippen LogP contribution is 2.29. The molecule has 1 unspecified atom stereocenters. The number of ether oxygens (including phenoxy) is 1. The lowest BCUT2D eigenvalue weighted by Gasteiger charge is -2.35. The predicted octanol–water partition coefficient (Wildman–Crippen LogP) is 2.77. The van der Waals surface area contributed by atoms with Gasteiger partial charge in [0, 0.05) is 26.7 Å². The summed E-state index contributed by atoms with van der Waals surface area (Å²) in [6.07, 6.45) is 1.75. The van der Waals surface area contributed by atoms with E-state index >= 15 is 0 Å². The van der Waals surface area contributed by atoms with E-state index in [9.17, 15) is 8.42 Å². The van der Waals surface area contributed by atoms with Crippen LogP contribution in [0.3, 0.4) is 0 Å². The molecule has 0 aromatic heterocycles. The second-order valence-electron chi connectivity index (χ2n) is 6.82. The molecule has 0 aliphatic carbocycles. The monoisotopic (exact) mass is 388 g/mol. The molecule has 6 heteroatoms. The Morgan fingerprint density at radius 1 is 1.07 bits per heavy atom. The maximum absolute atomic E-state index is 13.3. The van der Waals surface area contributed by atoms with Crippen molar-refractivity contribution in [2.24, 2.45) is 0 Å². The lowest BCUT2D eigenvalue weighted by molar-refractivity contribution is 0.202. The van der Waals surface area contributed by atoms with Gasteiger partial charge < -0.3 is 10.1 Å². The summed E-state index contributed by atoms with van der Waals surface area (Å²) in [6.45, 7) is 4.49. The first-order valence-corrected chi connectivity index (χ1v) is 10.9. The standard InChI is InChI=1S/C21H28N2O3S/c1-3-17-4-8-19(9-5-17)21-16-22-13-14-23(21)27(24,25)20-10-6-18(7-11-20)12-15-26-2/h4-11,21-22H,3,12-16H2,1-2H3. The van der Waals surface area contributed by atoms with Gasteiger partial charge in [0.1, 0.15) is 0 Å². The van der Waals surface area contributed by atoms with Crippen LogP contribution in [0.2, 0.25) is 0 Å². The Kier molecular flexibility index (Phi) is 6.65. The third kappa shape index (κ3) is 4.58. The van der Waals surface area contributed by atoms with E-state index in [0.717, 1.165) is 24.0 Å². The van der Waals surface area contributed by atoms with Crippen LogP contribution in [-0.4, -0.2) is 46.1 Å². The van der Waals surface area contributed by atoms with Crippen molar-refractivity contribution < 1.29 is 13.2 Å². The summed E-state index contributed by atoms with van der Waals surface area (Å²) in [7, 11) is -1.89. The highest BCUT2D eigenvalue weighted by atomic mass is 32.2. The molecule has 3 rings (SSSR count). The molecule has 1 heterocycles. The van der Waals surface area contributed by atoms with Gasteiger partial charge in [-0.2, -0.15) is 4.31 Å². The second kappa shape index (κ2) is 8.97. The minimum atomic E-state index is -3.55. The Balaban J connectivity index is 1.85. The number of benzene rings is 2. The SMILES string of the molecule is CCc1ccc(C2CNCCN2S(=O)(=O)c2ccc(CCOC)cc2)cc1. The van der Waals surface area contributed by atoms with Gasteiger partial charge in [-0.15, -0.1) is 0 Å². The van der Waals surface area contributed by atoms with Crippen LogP contribution in [0.5, 0.6) is 0 Å². The summed E-state index contributed by atoms with van der Waals surface area (Å²) in [5.41, 5.74) is 3.35. The number of aryl methyl sites for hydroxylation is 1. The van der Waals surface area contributed by atoms with Gasteiger partial charge in [0.25, 0.3) is 0 Å². The Morgan fingerprint density at radius 3 is 2.37 bits per heavy atom. The number of nitrogens with zero attached hydrogens (tertiary/aromatic N) is 1. The first-order chi connectivity index (χ1) is 13.1. The number of sulfonamides is 1. The van der Waals surface area contributed by atoms with Crippen molar-refractivity contribution in [1.29, 1.82) is 0 Å². The summed E-state index contributed by atoms with van der Waals surface area (Å²) < 4.78 is 33.3. The van der Waals surface area contributed by atoms with E-state index in [1.165, 1.54) is 5.56 Å². The number of hydrogen-bond acceptors (Lipinski definition) is 4. The fraction of sp³-hybridized carbons (Fsp3) is 0.429. The van der Waals surface area contributed by atoms with Gasteiger partial charge in [-0.05, 0) is 41.7 Å².